The number of aliphatic carboxylic acids is 1. The standard InChI is InChI=1S/C13H15ClN2O4/c14-10-7-9(4-5-11(10)16(19)20)8-15-6-2-1-3-12(15)13(17)18/h4-5,7,12H,1-3,6,8H2,(H,17,18). The zero-order valence-corrected chi connectivity index (χ0v) is 11.5. The molecule has 0 spiro atoms. The van der Waals surface area contributed by atoms with Crippen LogP contribution in [0.4, 0.5) is 5.69 Å². The minimum atomic E-state index is -0.822. The molecule has 1 aromatic rings. The topological polar surface area (TPSA) is 83.7 Å². The molecule has 1 heterocycles. The molecule has 1 unspecified atom stereocenters. The lowest BCUT2D eigenvalue weighted by Gasteiger charge is -2.32. The lowest BCUT2D eigenvalue weighted by molar-refractivity contribution is -0.384. The minimum Gasteiger partial charge on any atom is -0.480 e. The summed E-state index contributed by atoms with van der Waals surface area (Å²) in [7, 11) is 0. The maximum atomic E-state index is 11.2. The molecule has 20 heavy (non-hydrogen) atoms. The summed E-state index contributed by atoms with van der Waals surface area (Å²) in [5.74, 6) is -0.822. The van der Waals surface area contributed by atoms with Gasteiger partial charge in [-0.05, 0) is 31.0 Å². The van der Waals surface area contributed by atoms with E-state index in [2.05, 4.69) is 0 Å². The van der Waals surface area contributed by atoms with Gasteiger partial charge in [0.2, 0.25) is 0 Å². The maximum Gasteiger partial charge on any atom is 0.320 e. The van der Waals surface area contributed by atoms with Crippen LogP contribution < -0.4 is 0 Å². The fourth-order valence-corrected chi connectivity index (χ4v) is 2.76. The largest absolute Gasteiger partial charge is 0.480 e. The van der Waals surface area contributed by atoms with Crippen molar-refractivity contribution >= 4 is 23.3 Å². The predicted molar refractivity (Wildman–Crippen MR) is 73.8 cm³/mol. The van der Waals surface area contributed by atoms with Crippen LogP contribution in [0.1, 0.15) is 24.8 Å². The van der Waals surface area contributed by atoms with E-state index in [0.29, 0.717) is 19.5 Å². The number of hydrogen-bond acceptors (Lipinski definition) is 4. The molecule has 7 heteroatoms. The molecule has 1 aliphatic rings. The van der Waals surface area contributed by atoms with Crippen LogP contribution in [-0.2, 0) is 11.3 Å². The zero-order chi connectivity index (χ0) is 14.7. The zero-order valence-electron chi connectivity index (χ0n) is 10.8. The molecule has 2 rings (SSSR count). The van der Waals surface area contributed by atoms with Crippen LogP contribution in [0.25, 0.3) is 0 Å². The number of carboxylic acid groups (broad SMARTS) is 1. The molecule has 0 radical (unpaired) electrons. The SMILES string of the molecule is O=C(O)C1CCCCN1Cc1ccc([N+](=O)[O-])c(Cl)c1. The summed E-state index contributed by atoms with van der Waals surface area (Å²) in [6.45, 7) is 1.15. The molecule has 1 fully saturated rings. The highest BCUT2D eigenvalue weighted by Gasteiger charge is 2.28. The minimum absolute atomic E-state index is 0.0800. The number of nitro benzene ring substituents is 1. The van der Waals surface area contributed by atoms with Crippen LogP contribution >= 0.6 is 11.6 Å². The Balaban J connectivity index is 2.14. The van der Waals surface area contributed by atoms with Crippen LogP contribution in [0.3, 0.4) is 0 Å². The van der Waals surface area contributed by atoms with Crippen LogP contribution in [0.2, 0.25) is 5.02 Å². The number of carboxylic acids is 1. The van der Waals surface area contributed by atoms with E-state index in [1.165, 1.54) is 12.1 Å². The van der Waals surface area contributed by atoms with Gasteiger partial charge in [-0.15, -0.1) is 0 Å². The second-order valence-corrected chi connectivity index (χ2v) is 5.27. The summed E-state index contributed by atoms with van der Waals surface area (Å²) in [6.07, 6.45) is 2.51. The first-order chi connectivity index (χ1) is 9.49. The molecule has 1 aliphatic heterocycles. The number of likely N-dealkylation sites (tertiary alicyclic amines) is 1. The van der Waals surface area contributed by atoms with Crippen molar-refractivity contribution in [2.45, 2.75) is 31.8 Å². The summed E-state index contributed by atoms with van der Waals surface area (Å²) < 4.78 is 0. The van der Waals surface area contributed by atoms with Crippen LogP contribution in [0.15, 0.2) is 18.2 Å². The van der Waals surface area contributed by atoms with E-state index in [1.54, 1.807) is 6.07 Å². The van der Waals surface area contributed by atoms with Gasteiger partial charge in [0.05, 0.1) is 4.92 Å². The third-order valence-corrected chi connectivity index (χ3v) is 3.80. The van der Waals surface area contributed by atoms with Gasteiger partial charge in [0.25, 0.3) is 5.69 Å². The molecule has 108 valence electrons. The van der Waals surface area contributed by atoms with E-state index in [-0.39, 0.29) is 10.7 Å². The van der Waals surface area contributed by atoms with Crippen LogP contribution in [-0.4, -0.2) is 33.5 Å². The van der Waals surface area contributed by atoms with Crippen molar-refractivity contribution in [2.75, 3.05) is 6.54 Å². The Morgan fingerprint density at radius 2 is 2.25 bits per heavy atom. The van der Waals surface area contributed by atoms with Gasteiger partial charge in [-0.2, -0.15) is 0 Å². The van der Waals surface area contributed by atoms with Crippen molar-refractivity contribution in [1.82, 2.24) is 4.90 Å². The van der Waals surface area contributed by atoms with Gasteiger partial charge in [-0.3, -0.25) is 19.8 Å². The lowest BCUT2D eigenvalue weighted by Crippen LogP contribution is -2.43. The summed E-state index contributed by atoms with van der Waals surface area (Å²) >= 11 is 5.86. The van der Waals surface area contributed by atoms with Gasteiger partial charge in [0, 0.05) is 12.6 Å². The quantitative estimate of drug-likeness (QED) is 0.682. The van der Waals surface area contributed by atoms with E-state index in [1.807, 2.05) is 4.90 Å². The number of piperidine rings is 1. The molecule has 1 aromatic carbocycles. The molecule has 0 amide bonds. The van der Waals surface area contributed by atoms with E-state index >= 15 is 0 Å². The second-order valence-electron chi connectivity index (χ2n) is 4.86. The summed E-state index contributed by atoms with van der Waals surface area (Å²) in [5, 5.41) is 20.0. The Kier molecular flexibility index (Phi) is 4.57. The van der Waals surface area contributed by atoms with E-state index in [4.69, 9.17) is 11.6 Å². The summed E-state index contributed by atoms with van der Waals surface area (Å²) in [6, 6.07) is 4.03. The van der Waals surface area contributed by atoms with Gasteiger partial charge in [-0.25, -0.2) is 0 Å². The first-order valence-electron chi connectivity index (χ1n) is 6.38. The fourth-order valence-electron chi connectivity index (χ4n) is 2.49. The van der Waals surface area contributed by atoms with Crippen molar-refractivity contribution in [3.8, 4) is 0 Å². The molecule has 0 bridgehead atoms. The summed E-state index contributed by atoms with van der Waals surface area (Å²) in [5.41, 5.74) is 0.651. The molecular weight excluding hydrogens is 284 g/mol. The highest BCUT2D eigenvalue weighted by molar-refractivity contribution is 6.32. The lowest BCUT2D eigenvalue weighted by atomic mass is 10.0. The predicted octanol–water partition coefficient (Wildman–Crippen LogP) is 2.69. The average molecular weight is 299 g/mol. The van der Waals surface area contributed by atoms with Crippen molar-refractivity contribution in [3.63, 3.8) is 0 Å². The van der Waals surface area contributed by atoms with Gasteiger partial charge in [0.15, 0.2) is 0 Å². The Bertz CT molecular complexity index is 535. The van der Waals surface area contributed by atoms with Gasteiger partial charge < -0.3 is 5.11 Å². The number of halogens is 1. The molecule has 0 aliphatic carbocycles. The van der Waals surface area contributed by atoms with Crippen molar-refractivity contribution in [2.24, 2.45) is 0 Å². The van der Waals surface area contributed by atoms with E-state index in [0.717, 1.165) is 18.4 Å². The molecule has 1 atom stereocenters. The molecule has 1 saturated heterocycles. The highest BCUT2D eigenvalue weighted by Crippen LogP contribution is 2.27. The smallest absolute Gasteiger partial charge is 0.320 e. The normalized spacial score (nSPS) is 19.8. The molecule has 0 saturated carbocycles. The number of carbonyl (C=O) groups is 1. The highest BCUT2D eigenvalue weighted by atomic mass is 35.5. The van der Waals surface area contributed by atoms with Gasteiger partial charge >= 0.3 is 5.97 Å². The molecule has 0 aromatic heterocycles. The van der Waals surface area contributed by atoms with Crippen LogP contribution in [0.5, 0.6) is 0 Å². The molecular formula is C13H15ClN2O4. The van der Waals surface area contributed by atoms with E-state index in [9.17, 15) is 20.0 Å². The fraction of sp³-hybridized carbons (Fsp3) is 0.462. The Morgan fingerprint density at radius 3 is 2.85 bits per heavy atom. The third kappa shape index (κ3) is 3.26. The van der Waals surface area contributed by atoms with Crippen molar-refractivity contribution in [1.29, 1.82) is 0 Å². The van der Waals surface area contributed by atoms with Crippen molar-refractivity contribution in [3.05, 3.63) is 38.9 Å². The number of nitrogens with zero attached hydrogens (tertiary/aromatic N) is 2. The third-order valence-electron chi connectivity index (χ3n) is 3.49. The number of hydrogen-bond donors (Lipinski definition) is 1. The number of nitro groups is 1. The first kappa shape index (κ1) is 14.7. The summed E-state index contributed by atoms with van der Waals surface area (Å²) in [4.78, 5) is 23.2. The van der Waals surface area contributed by atoms with Crippen molar-refractivity contribution < 1.29 is 14.8 Å². The number of rotatable bonds is 4. The Morgan fingerprint density at radius 1 is 1.50 bits per heavy atom. The van der Waals surface area contributed by atoms with Gasteiger partial charge in [0.1, 0.15) is 11.1 Å². The monoisotopic (exact) mass is 298 g/mol. The Hall–Kier alpha value is -1.66. The molecule has 6 nitrogen and oxygen atoms in total. The van der Waals surface area contributed by atoms with E-state index < -0.39 is 16.9 Å². The average Bonchev–Trinajstić information content (AvgIpc) is 2.38. The van der Waals surface area contributed by atoms with Gasteiger partial charge in [-0.1, -0.05) is 24.1 Å². The van der Waals surface area contributed by atoms with Crippen LogP contribution in [0, 0.1) is 10.1 Å². The second kappa shape index (κ2) is 6.19. The maximum absolute atomic E-state index is 11.2. The molecule has 1 N–H and O–H groups in total. The first-order valence-corrected chi connectivity index (χ1v) is 6.76. The number of benzene rings is 1. The Labute approximate surface area is 121 Å².